The lowest BCUT2D eigenvalue weighted by molar-refractivity contribution is -0.137. The van der Waals surface area contributed by atoms with Crippen molar-refractivity contribution in [1.29, 1.82) is 5.26 Å². The van der Waals surface area contributed by atoms with Gasteiger partial charge in [0.15, 0.2) is 0 Å². The second kappa shape index (κ2) is 9.50. The van der Waals surface area contributed by atoms with E-state index in [9.17, 15) is 9.59 Å². The SMILES string of the molecule is Cc1nc(C(=O)NCCCCCCCC(=O)O)ccc1C#N. The van der Waals surface area contributed by atoms with Crippen LogP contribution in [0, 0.1) is 18.3 Å². The van der Waals surface area contributed by atoms with Crippen LogP contribution < -0.4 is 5.32 Å². The first-order valence-electron chi connectivity index (χ1n) is 7.42. The number of carboxylic acid groups (broad SMARTS) is 1. The van der Waals surface area contributed by atoms with Gasteiger partial charge < -0.3 is 10.4 Å². The number of carbonyl (C=O) groups is 2. The van der Waals surface area contributed by atoms with Crippen LogP contribution in [0.15, 0.2) is 12.1 Å². The molecule has 1 amide bonds. The summed E-state index contributed by atoms with van der Waals surface area (Å²) in [6, 6.07) is 5.16. The minimum Gasteiger partial charge on any atom is -0.481 e. The van der Waals surface area contributed by atoms with Gasteiger partial charge in [0.2, 0.25) is 0 Å². The lowest BCUT2D eigenvalue weighted by atomic mass is 10.1. The lowest BCUT2D eigenvalue weighted by Gasteiger charge is -2.06. The molecular formula is C16H21N3O3. The number of hydrogen-bond donors (Lipinski definition) is 2. The number of carbonyl (C=O) groups excluding carboxylic acids is 1. The molecule has 0 spiro atoms. The number of rotatable bonds is 9. The van der Waals surface area contributed by atoms with Gasteiger partial charge >= 0.3 is 5.97 Å². The van der Waals surface area contributed by atoms with E-state index < -0.39 is 5.97 Å². The predicted octanol–water partition coefficient (Wildman–Crippen LogP) is 2.42. The van der Waals surface area contributed by atoms with Crippen molar-refractivity contribution in [3.8, 4) is 6.07 Å². The highest BCUT2D eigenvalue weighted by Crippen LogP contribution is 2.06. The molecule has 0 aliphatic heterocycles. The van der Waals surface area contributed by atoms with Gasteiger partial charge in [-0.15, -0.1) is 0 Å². The van der Waals surface area contributed by atoms with Gasteiger partial charge in [0.05, 0.1) is 11.3 Å². The van der Waals surface area contributed by atoms with Gasteiger partial charge in [-0.2, -0.15) is 5.26 Å². The molecule has 0 radical (unpaired) electrons. The number of nitriles is 1. The molecule has 0 aliphatic rings. The zero-order valence-corrected chi connectivity index (χ0v) is 12.8. The molecule has 1 heterocycles. The summed E-state index contributed by atoms with van der Waals surface area (Å²) in [5.74, 6) is -0.990. The fourth-order valence-electron chi connectivity index (χ4n) is 2.03. The van der Waals surface area contributed by atoms with Crippen LogP contribution >= 0.6 is 0 Å². The molecular weight excluding hydrogens is 282 g/mol. The highest BCUT2D eigenvalue weighted by Gasteiger charge is 2.08. The molecule has 0 saturated heterocycles. The number of aryl methyl sites for hydroxylation is 1. The Bertz CT molecular complexity index is 564. The molecule has 6 nitrogen and oxygen atoms in total. The summed E-state index contributed by atoms with van der Waals surface area (Å²) in [6.07, 6.45) is 4.61. The summed E-state index contributed by atoms with van der Waals surface area (Å²) < 4.78 is 0. The number of carboxylic acids is 1. The maximum Gasteiger partial charge on any atom is 0.303 e. The molecule has 0 bridgehead atoms. The Balaban J connectivity index is 2.20. The van der Waals surface area contributed by atoms with E-state index in [0.717, 1.165) is 25.7 Å². The van der Waals surface area contributed by atoms with E-state index in [4.69, 9.17) is 10.4 Å². The van der Waals surface area contributed by atoms with Crippen molar-refractivity contribution < 1.29 is 14.7 Å². The fraction of sp³-hybridized carbons (Fsp3) is 0.500. The van der Waals surface area contributed by atoms with Gasteiger partial charge in [-0.25, -0.2) is 4.98 Å². The number of unbranched alkanes of at least 4 members (excludes halogenated alkanes) is 4. The zero-order chi connectivity index (χ0) is 16.4. The molecule has 22 heavy (non-hydrogen) atoms. The smallest absolute Gasteiger partial charge is 0.303 e. The Morgan fingerprint density at radius 1 is 1.23 bits per heavy atom. The van der Waals surface area contributed by atoms with Gasteiger partial charge in [-0.05, 0) is 31.9 Å². The van der Waals surface area contributed by atoms with E-state index in [-0.39, 0.29) is 12.3 Å². The van der Waals surface area contributed by atoms with Crippen LogP contribution in [-0.4, -0.2) is 28.5 Å². The van der Waals surface area contributed by atoms with Crippen molar-refractivity contribution in [3.63, 3.8) is 0 Å². The maximum atomic E-state index is 11.9. The van der Waals surface area contributed by atoms with E-state index in [0.29, 0.717) is 29.9 Å². The van der Waals surface area contributed by atoms with Crippen LogP contribution in [0.5, 0.6) is 0 Å². The van der Waals surface area contributed by atoms with Crippen molar-refractivity contribution in [3.05, 3.63) is 29.1 Å². The number of aromatic nitrogens is 1. The van der Waals surface area contributed by atoms with Crippen LogP contribution in [0.2, 0.25) is 0 Å². The molecule has 0 saturated carbocycles. The molecule has 1 aromatic heterocycles. The Morgan fingerprint density at radius 2 is 1.91 bits per heavy atom. The monoisotopic (exact) mass is 303 g/mol. The van der Waals surface area contributed by atoms with Crippen LogP contribution in [0.25, 0.3) is 0 Å². The average molecular weight is 303 g/mol. The Hall–Kier alpha value is -2.42. The van der Waals surface area contributed by atoms with Crippen molar-refractivity contribution in [2.75, 3.05) is 6.54 Å². The maximum absolute atomic E-state index is 11.9. The molecule has 2 N–H and O–H groups in total. The minimum atomic E-state index is -0.752. The first kappa shape index (κ1) is 17.6. The molecule has 1 rings (SSSR count). The zero-order valence-electron chi connectivity index (χ0n) is 12.8. The third kappa shape index (κ3) is 6.35. The summed E-state index contributed by atoms with van der Waals surface area (Å²) >= 11 is 0. The number of aliphatic carboxylic acids is 1. The molecule has 0 fully saturated rings. The van der Waals surface area contributed by atoms with E-state index >= 15 is 0 Å². The molecule has 6 heteroatoms. The van der Waals surface area contributed by atoms with Crippen molar-refractivity contribution >= 4 is 11.9 Å². The average Bonchev–Trinajstić information content (AvgIpc) is 2.49. The third-order valence-electron chi connectivity index (χ3n) is 3.29. The highest BCUT2D eigenvalue weighted by molar-refractivity contribution is 5.92. The van der Waals surface area contributed by atoms with Gasteiger partial charge in [-0.3, -0.25) is 9.59 Å². The van der Waals surface area contributed by atoms with Gasteiger partial charge in [-0.1, -0.05) is 19.3 Å². The number of pyridine rings is 1. The van der Waals surface area contributed by atoms with Crippen LogP contribution in [0.4, 0.5) is 0 Å². The fourth-order valence-corrected chi connectivity index (χ4v) is 2.03. The highest BCUT2D eigenvalue weighted by atomic mass is 16.4. The standard InChI is InChI=1S/C16H21N3O3/c1-12-13(11-17)8-9-14(19-12)16(22)18-10-6-4-2-3-5-7-15(20)21/h8-9H,2-7,10H2,1H3,(H,18,22)(H,20,21). The molecule has 0 aromatic carbocycles. The summed E-state index contributed by atoms with van der Waals surface area (Å²) in [5.41, 5.74) is 1.34. The minimum absolute atomic E-state index is 0.223. The van der Waals surface area contributed by atoms with Gasteiger partial charge in [0.1, 0.15) is 11.8 Å². The number of hydrogen-bond acceptors (Lipinski definition) is 4. The first-order valence-corrected chi connectivity index (χ1v) is 7.42. The summed E-state index contributed by atoms with van der Waals surface area (Å²) in [5, 5.41) is 20.1. The van der Waals surface area contributed by atoms with Crippen molar-refractivity contribution in [2.24, 2.45) is 0 Å². The van der Waals surface area contributed by atoms with E-state index in [2.05, 4.69) is 10.3 Å². The number of amides is 1. The predicted molar refractivity (Wildman–Crippen MR) is 81.4 cm³/mol. The molecule has 0 aliphatic carbocycles. The van der Waals surface area contributed by atoms with Crippen LogP contribution in [0.3, 0.4) is 0 Å². The topological polar surface area (TPSA) is 103 Å². The summed E-state index contributed by atoms with van der Waals surface area (Å²) in [4.78, 5) is 26.3. The van der Waals surface area contributed by atoms with E-state index in [1.54, 1.807) is 19.1 Å². The normalized spacial score (nSPS) is 10.0. The van der Waals surface area contributed by atoms with E-state index in [1.165, 1.54) is 0 Å². The molecule has 0 unspecified atom stereocenters. The largest absolute Gasteiger partial charge is 0.481 e. The van der Waals surface area contributed by atoms with E-state index in [1.807, 2.05) is 6.07 Å². The van der Waals surface area contributed by atoms with Gasteiger partial charge in [0.25, 0.3) is 5.91 Å². The second-order valence-corrected chi connectivity index (χ2v) is 5.11. The van der Waals surface area contributed by atoms with Crippen molar-refractivity contribution in [1.82, 2.24) is 10.3 Å². The molecule has 1 aromatic rings. The Kier molecular flexibility index (Phi) is 7.62. The van der Waals surface area contributed by atoms with Crippen LogP contribution in [-0.2, 0) is 4.79 Å². The Morgan fingerprint density at radius 3 is 2.55 bits per heavy atom. The quantitative estimate of drug-likeness (QED) is 0.682. The Labute approximate surface area is 130 Å². The molecule has 0 atom stereocenters. The van der Waals surface area contributed by atoms with Crippen molar-refractivity contribution in [2.45, 2.75) is 45.4 Å². The van der Waals surface area contributed by atoms with Crippen LogP contribution in [0.1, 0.15) is 60.3 Å². The second-order valence-electron chi connectivity index (χ2n) is 5.11. The summed E-state index contributed by atoms with van der Waals surface area (Å²) in [6.45, 7) is 2.27. The number of nitrogens with zero attached hydrogens (tertiary/aromatic N) is 2. The lowest BCUT2D eigenvalue weighted by Crippen LogP contribution is -2.25. The third-order valence-corrected chi connectivity index (χ3v) is 3.29. The molecule has 118 valence electrons. The summed E-state index contributed by atoms with van der Waals surface area (Å²) in [7, 11) is 0. The number of nitrogens with one attached hydrogen (secondary N) is 1. The first-order chi connectivity index (χ1) is 10.5. The van der Waals surface area contributed by atoms with Gasteiger partial charge in [0, 0.05) is 13.0 Å².